The Hall–Kier alpha value is -2.63. The zero-order valence-corrected chi connectivity index (χ0v) is 16.6. The Morgan fingerprint density at radius 3 is 2.78 bits per heavy atom. The van der Waals surface area contributed by atoms with E-state index in [2.05, 4.69) is 42.0 Å². The van der Waals surface area contributed by atoms with Crippen molar-refractivity contribution in [2.75, 3.05) is 23.9 Å². The fourth-order valence-electron chi connectivity index (χ4n) is 3.21. The first-order valence-electron chi connectivity index (χ1n) is 9.63. The summed E-state index contributed by atoms with van der Waals surface area (Å²) in [6.45, 7) is 8.03. The number of anilines is 2. The molecule has 1 aromatic heterocycles. The number of fused-ring (bicyclic) bond motifs is 1. The summed E-state index contributed by atoms with van der Waals surface area (Å²) in [5.41, 5.74) is 4.08. The third-order valence-electron chi connectivity index (χ3n) is 5.08. The van der Waals surface area contributed by atoms with Crippen LogP contribution in [-0.2, 0) is 24.1 Å². The van der Waals surface area contributed by atoms with Gasteiger partial charge in [0.2, 0.25) is 5.95 Å². The lowest BCUT2D eigenvalue weighted by atomic mass is 9.97. The topological polar surface area (TPSA) is 67.4 Å². The predicted molar refractivity (Wildman–Crippen MR) is 107 cm³/mol. The van der Waals surface area contributed by atoms with Crippen molar-refractivity contribution >= 4 is 17.7 Å². The highest BCUT2D eigenvalue weighted by Gasteiger charge is 2.20. The minimum Gasteiger partial charge on any atom is -0.465 e. The number of esters is 1. The second kappa shape index (κ2) is 8.37. The lowest BCUT2D eigenvalue weighted by molar-refractivity contribution is 0.0600. The highest BCUT2D eigenvalue weighted by molar-refractivity contribution is 5.89. The van der Waals surface area contributed by atoms with E-state index < -0.39 is 0 Å². The van der Waals surface area contributed by atoms with E-state index in [-0.39, 0.29) is 5.97 Å². The van der Waals surface area contributed by atoms with Gasteiger partial charge in [-0.1, -0.05) is 19.9 Å². The molecule has 0 radical (unpaired) electrons. The second-order valence-electron chi connectivity index (χ2n) is 6.99. The molecule has 0 unspecified atom stereocenters. The van der Waals surface area contributed by atoms with Gasteiger partial charge in [-0.25, -0.2) is 9.78 Å². The third kappa shape index (κ3) is 4.38. The summed E-state index contributed by atoms with van der Waals surface area (Å²) in [5.74, 6) is 1.37. The molecule has 144 valence electrons. The maximum atomic E-state index is 11.7. The van der Waals surface area contributed by atoms with Gasteiger partial charge in [-0.3, -0.25) is 0 Å². The number of aromatic nitrogens is 2. The quantitative estimate of drug-likeness (QED) is 0.786. The van der Waals surface area contributed by atoms with E-state index in [1.54, 1.807) is 0 Å². The number of benzene rings is 1. The van der Waals surface area contributed by atoms with Gasteiger partial charge in [0.05, 0.1) is 12.7 Å². The van der Waals surface area contributed by atoms with E-state index in [1.807, 2.05) is 18.2 Å². The Morgan fingerprint density at radius 2 is 2.07 bits per heavy atom. The van der Waals surface area contributed by atoms with E-state index in [9.17, 15) is 4.79 Å². The zero-order chi connectivity index (χ0) is 19.4. The number of ether oxygens (including phenoxy) is 1. The lowest BCUT2D eigenvalue weighted by Gasteiger charge is -2.30. The molecule has 1 atom stereocenters. The fourth-order valence-corrected chi connectivity index (χ4v) is 3.21. The third-order valence-corrected chi connectivity index (χ3v) is 5.08. The lowest BCUT2D eigenvalue weighted by Crippen LogP contribution is -2.31. The number of rotatable bonds is 6. The summed E-state index contributed by atoms with van der Waals surface area (Å²) in [4.78, 5) is 23.4. The molecular formula is C21H28N4O2. The van der Waals surface area contributed by atoms with Gasteiger partial charge in [0, 0.05) is 30.9 Å². The summed E-state index contributed by atoms with van der Waals surface area (Å²) >= 11 is 0. The molecule has 1 N–H and O–H groups in total. The van der Waals surface area contributed by atoms with Crippen LogP contribution in [0.25, 0.3) is 0 Å². The van der Waals surface area contributed by atoms with Crippen LogP contribution in [-0.4, -0.2) is 35.6 Å². The molecule has 0 amide bonds. The van der Waals surface area contributed by atoms with Crippen molar-refractivity contribution in [1.29, 1.82) is 0 Å². The summed E-state index contributed by atoms with van der Waals surface area (Å²) in [7, 11) is 1.41. The first-order valence-corrected chi connectivity index (χ1v) is 9.63. The normalized spacial score (nSPS) is 14.4. The highest BCUT2D eigenvalue weighted by atomic mass is 16.5. The van der Waals surface area contributed by atoms with Gasteiger partial charge in [-0.2, -0.15) is 4.98 Å². The molecule has 0 aliphatic carbocycles. The average Bonchev–Trinajstić information content (AvgIpc) is 2.71. The molecule has 3 rings (SSSR count). The number of carbonyl (C=O) groups is 1. The van der Waals surface area contributed by atoms with Crippen LogP contribution in [0, 0.1) is 0 Å². The molecule has 2 aromatic rings. The molecule has 6 heteroatoms. The maximum absolute atomic E-state index is 11.7. The van der Waals surface area contributed by atoms with Gasteiger partial charge >= 0.3 is 5.97 Å². The van der Waals surface area contributed by atoms with Crippen molar-refractivity contribution in [3.8, 4) is 0 Å². The molecular weight excluding hydrogens is 340 g/mol. The minimum absolute atomic E-state index is 0.288. The monoisotopic (exact) mass is 368 g/mol. The van der Waals surface area contributed by atoms with Crippen molar-refractivity contribution in [2.24, 2.45) is 0 Å². The summed E-state index contributed by atoms with van der Waals surface area (Å²) in [5, 5.41) is 3.39. The van der Waals surface area contributed by atoms with Crippen LogP contribution in [0.4, 0.5) is 11.8 Å². The van der Waals surface area contributed by atoms with Crippen molar-refractivity contribution in [3.63, 3.8) is 0 Å². The molecule has 0 fully saturated rings. The van der Waals surface area contributed by atoms with Crippen molar-refractivity contribution in [3.05, 3.63) is 46.6 Å². The molecule has 1 aromatic carbocycles. The van der Waals surface area contributed by atoms with Gasteiger partial charge < -0.3 is 15.0 Å². The van der Waals surface area contributed by atoms with Crippen LogP contribution in [0.5, 0.6) is 0 Å². The minimum atomic E-state index is -0.288. The SMILES string of the molecule is CCc1cc(N2CCc3cc(C(=O)OC)ccc3C2)nc(N[C@@H](C)CC)n1. The number of methoxy groups -OCH3 is 1. The van der Waals surface area contributed by atoms with Crippen LogP contribution >= 0.6 is 0 Å². The standard InChI is InChI=1S/C21H28N4O2/c1-5-14(3)22-21-23-18(6-2)12-19(24-21)25-10-9-15-11-16(20(26)27-4)7-8-17(15)13-25/h7-8,11-12,14H,5-6,9-10,13H2,1-4H3,(H,22,23,24)/t14-/m0/s1. The predicted octanol–water partition coefficient (Wildman–Crippen LogP) is 3.60. The van der Waals surface area contributed by atoms with E-state index in [0.717, 1.165) is 43.9 Å². The average molecular weight is 368 g/mol. The van der Waals surface area contributed by atoms with Crippen LogP contribution in [0.15, 0.2) is 24.3 Å². The van der Waals surface area contributed by atoms with Gasteiger partial charge in [-0.15, -0.1) is 0 Å². The number of aryl methyl sites for hydroxylation is 1. The van der Waals surface area contributed by atoms with E-state index in [0.29, 0.717) is 17.6 Å². The molecule has 6 nitrogen and oxygen atoms in total. The first-order chi connectivity index (χ1) is 13.0. The van der Waals surface area contributed by atoms with Crippen LogP contribution in [0.1, 0.15) is 54.4 Å². The van der Waals surface area contributed by atoms with Gasteiger partial charge in [0.1, 0.15) is 5.82 Å². The van der Waals surface area contributed by atoms with Crippen LogP contribution in [0.2, 0.25) is 0 Å². The highest BCUT2D eigenvalue weighted by Crippen LogP contribution is 2.26. The Morgan fingerprint density at radius 1 is 1.26 bits per heavy atom. The van der Waals surface area contributed by atoms with E-state index >= 15 is 0 Å². The van der Waals surface area contributed by atoms with Gasteiger partial charge in [0.15, 0.2) is 0 Å². The van der Waals surface area contributed by atoms with Crippen molar-refractivity contribution in [2.45, 2.75) is 52.6 Å². The number of nitrogens with one attached hydrogen (secondary N) is 1. The molecule has 0 spiro atoms. The fraction of sp³-hybridized carbons (Fsp3) is 0.476. The molecule has 1 aliphatic rings. The summed E-state index contributed by atoms with van der Waals surface area (Å²) < 4.78 is 4.82. The molecule has 2 heterocycles. The Labute approximate surface area is 161 Å². The van der Waals surface area contributed by atoms with Gasteiger partial charge in [0.25, 0.3) is 0 Å². The van der Waals surface area contributed by atoms with Crippen molar-refractivity contribution in [1.82, 2.24) is 9.97 Å². The number of nitrogens with zero attached hydrogens (tertiary/aromatic N) is 3. The summed E-state index contributed by atoms with van der Waals surface area (Å²) in [6, 6.07) is 8.22. The molecule has 0 bridgehead atoms. The first kappa shape index (κ1) is 19.1. The van der Waals surface area contributed by atoms with Crippen molar-refractivity contribution < 1.29 is 9.53 Å². The van der Waals surface area contributed by atoms with E-state index in [1.165, 1.54) is 18.2 Å². The Kier molecular flexibility index (Phi) is 5.94. The Balaban J connectivity index is 1.84. The molecule has 1 aliphatic heterocycles. The van der Waals surface area contributed by atoms with Crippen LogP contribution < -0.4 is 10.2 Å². The maximum Gasteiger partial charge on any atom is 0.337 e. The number of hydrogen-bond acceptors (Lipinski definition) is 6. The number of hydrogen-bond donors (Lipinski definition) is 1. The molecule has 0 saturated carbocycles. The molecule has 0 saturated heterocycles. The zero-order valence-electron chi connectivity index (χ0n) is 16.6. The molecule has 27 heavy (non-hydrogen) atoms. The van der Waals surface area contributed by atoms with Gasteiger partial charge in [-0.05, 0) is 49.4 Å². The smallest absolute Gasteiger partial charge is 0.337 e. The second-order valence-corrected chi connectivity index (χ2v) is 6.99. The summed E-state index contributed by atoms with van der Waals surface area (Å²) in [6.07, 6.45) is 2.77. The van der Waals surface area contributed by atoms with E-state index in [4.69, 9.17) is 9.72 Å². The Bertz CT molecular complexity index is 822. The van der Waals surface area contributed by atoms with Crippen LogP contribution in [0.3, 0.4) is 0 Å². The largest absolute Gasteiger partial charge is 0.465 e. The number of carbonyl (C=O) groups excluding carboxylic acids is 1.